The minimum Gasteiger partial charge on any atom is -0.378 e. The molecule has 0 heterocycles. The smallest absolute Gasteiger partial charge is 0.149 e. The summed E-state index contributed by atoms with van der Waals surface area (Å²) in [6, 6.07) is 4.16. The van der Waals surface area contributed by atoms with Crippen molar-refractivity contribution in [2.75, 3.05) is 5.32 Å². The molecule has 3 heteroatoms. The topological polar surface area (TPSA) is 12.0 Å². The Balaban J connectivity index is 2.17. The maximum absolute atomic E-state index is 13.1. The average Bonchev–Trinajstić information content (AvgIpc) is 2.00. The van der Waals surface area contributed by atoms with Gasteiger partial charge in [0.05, 0.1) is 0 Å². The molecule has 1 aliphatic rings. The van der Waals surface area contributed by atoms with Crippen molar-refractivity contribution in [1.82, 2.24) is 0 Å². The molecule has 1 saturated carbocycles. The first-order valence-corrected chi connectivity index (χ1v) is 4.48. The lowest BCUT2D eigenvalue weighted by Gasteiger charge is -2.27. The predicted molar refractivity (Wildman–Crippen MR) is 47.6 cm³/mol. The van der Waals surface area contributed by atoms with Gasteiger partial charge in [0.15, 0.2) is 0 Å². The van der Waals surface area contributed by atoms with Crippen LogP contribution in [0.3, 0.4) is 0 Å². The normalized spacial score (nSPS) is 16.8. The largest absolute Gasteiger partial charge is 0.378 e. The molecule has 0 radical (unpaired) electrons. The highest BCUT2D eigenvalue weighted by Gasteiger charge is 2.19. The summed E-state index contributed by atoms with van der Waals surface area (Å²) in [6.07, 6.45) is 3.16. The quantitative estimate of drug-likeness (QED) is 0.743. The highest BCUT2D eigenvalue weighted by molar-refractivity contribution is 5.47. The first-order chi connectivity index (χ1) is 6.27. The second kappa shape index (κ2) is 3.32. The Labute approximate surface area is 75.8 Å². The molecular formula is C10H11F2N. The van der Waals surface area contributed by atoms with Crippen molar-refractivity contribution in [3.63, 3.8) is 0 Å². The lowest BCUT2D eigenvalue weighted by atomic mass is 9.93. The molecular weight excluding hydrogens is 172 g/mol. The molecule has 0 unspecified atom stereocenters. The van der Waals surface area contributed by atoms with Gasteiger partial charge in [-0.1, -0.05) is 6.07 Å². The van der Waals surface area contributed by atoms with E-state index in [2.05, 4.69) is 5.32 Å². The fourth-order valence-corrected chi connectivity index (χ4v) is 1.39. The van der Waals surface area contributed by atoms with E-state index in [0.717, 1.165) is 19.3 Å². The molecule has 1 fully saturated rings. The third-order valence-corrected chi connectivity index (χ3v) is 2.42. The number of anilines is 1. The molecule has 1 aromatic carbocycles. The van der Waals surface area contributed by atoms with Crippen LogP contribution in [0, 0.1) is 11.6 Å². The van der Waals surface area contributed by atoms with Crippen molar-refractivity contribution in [1.29, 1.82) is 0 Å². The van der Waals surface area contributed by atoms with Gasteiger partial charge in [-0.3, -0.25) is 0 Å². The second-order valence-corrected chi connectivity index (χ2v) is 3.37. The van der Waals surface area contributed by atoms with Crippen LogP contribution in [0.15, 0.2) is 18.2 Å². The summed E-state index contributed by atoms with van der Waals surface area (Å²) in [5.74, 6) is -1.01. The van der Waals surface area contributed by atoms with E-state index in [1.54, 1.807) is 0 Å². The summed E-state index contributed by atoms with van der Waals surface area (Å²) < 4.78 is 26.1. The standard InChI is InChI=1S/C10H11F2N/c11-8-5-2-6-9(12)10(8)13-7-3-1-4-7/h2,5-7,13H,1,3-4H2. The molecule has 70 valence electrons. The molecule has 1 nitrogen and oxygen atoms in total. The van der Waals surface area contributed by atoms with Crippen molar-refractivity contribution >= 4 is 5.69 Å². The Hall–Kier alpha value is -1.12. The van der Waals surface area contributed by atoms with Crippen LogP contribution in [0.1, 0.15) is 19.3 Å². The zero-order valence-electron chi connectivity index (χ0n) is 7.19. The van der Waals surface area contributed by atoms with Gasteiger partial charge in [0, 0.05) is 6.04 Å². The van der Waals surface area contributed by atoms with Crippen molar-refractivity contribution in [3.8, 4) is 0 Å². The van der Waals surface area contributed by atoms with Crippen LogP contribution < -0.4 is 5.32 Å². The first-order valence-electron chi connectivity index (χ1n) is 4.48. The van der Waals surface area contributed by atoms with E-state index >= 15 is 0 Å². The maximum Gasteiger partial charge on any atom is 0.149 e. The molecule has 1 aromatic rings. The van der Waals surface area contributed by atoms with Gasteiger partial charge in [0.25, 0.3) is 0 Å². The second-order valence-electron chi connectivity index (χ2n) is 3.37. The fraction of sp³-hybridized carbons (Fsp3) is 0.400. The fourth-order valence-electron chi connectivity index (χ4n) is 1.39. The maximum atomic E-state index is 13.1. The SMILES string of the molecule is Fc1cccc(F)c1NC1CCC1. The van der Waals surface area contributed by atoms with E-state index in [9.17, 15) is 8.78 Å². The molecule has 1 aliphatic carbocycles. The molecule has 0 aromatic heterocycles. The van der Waals surface area contributed by atoms with Gasteiger partial charge in [0.1, 0.15) is 17.3 Å². The molecule has 13 heavy (non-hydrogen) atoms. The van der Waals surface area contributed by atoms with Crippen LogP contribution in [-0.4, -0.2) is 6.04 Å². The molecule has 1 N–H and O–H groups in total. The molecule has 0 amide bonds. The van der Waals surface area contributed by atoms with Crippen molar-refractivity contribution in [2.45, 2.75) is 25.3 Å². The van der Waals surface area contributed by atoms with Crippen LogP contribution in [0.2, 0.25) is 0 Å². The highest BCUT2D eigenvalue weighted by Crippen LogP contribution is 2.26. The van der Waals surface area contributed by atoms with Gasteiger partial charge in [-0.15, -0.1) is 0 Å². The Morgan fingerprint density at radius 3 is 2.23 bits per heavy atom. The van der Waals surface area contributed by atoms with E-state index in [1.165, 1.54) is 18.2 Å². The number of para-hydroxylation sites is 1. The number of hydrogen-bond acceptors (Lipinski definition) is 1. The Morgan fingerprint density at radius 1 is 1.15 bits per heavy atom. The van der Waals surface area contributed by atoms with E-state index in [1.807, 2.05) is 0 Å². The van der Waals surface area contributed by atoms with Gasteiger partial charge in [-0.05, 0) is 31.4 Å². The summed E-state index contributed by atoms with van der Waals surface area (Å²) in [5, 5.41) is 2.86. The van der Waals surface area contributed by atoms with Gasteiger partial charge in [0.2, 0.25) is 0 Å². The molecule has 2 rings (SSSR count). The van der Waals surface area contributed by atoms with Gasteiger partial charge < -0.3 is 5.32 Å². The summed E-state index contributed by atoms with van der Waals surface area (Å²) >= 11 is 0. The molecule has 0 saturated heterocycles. The van der Waals surface area contributed by atoms with Crippen LogP contribution in [-0.2, 0) is 0 Å². The number of halogens is 2. The van der Waals surface area contributed by atoms with Crippen LogP contribution in [0.5, 0.6) is 0 Å². The molecule has 0 spiro atoms. The Bertz CT molecular complexity index is 288. The van der Waals surface area contributed by atoms with E-state index in [0.29, 0.717) is 0 Å². The zero-order chi connectivity index (χ0) is 9.26. The minimum atomic E-state index is -0.507. The Morgan fingerprint density at radius 2 is 1.77 bits per heavy atom. The number of hydrogen-bond donors (Lipinski definition) is 1. The van der Waals surface area contributed by atoms with Crippen molar-refractivity contribution < 1.29 is 8.78 Å². The van der Waals surface area contributed by atoms with E-state index in [-0.39, 0.29) is 11.7 Å². The summed E-state index contributed by atoms with van der Waals surface area (Å²) in [6.45, 7) is 0. The monoisotopic (exact) mass is 183 g/mol. The predicted octanol–water partition coefficient (Wildman–Crippen LogP) is 2.93. The van der Waals surface area contributed by atoms with Crippen LogP contribution in [0.4, 0.5) is 14.5 Å². The summed E-state index contributed by atoms with van der Waals surface area (Å²) in [5.41, 5.74) is 0.0206. The Kier molecular flexibility index (Phi) is 2.17. The van der Waals surface area contributed by atoms with Gasteiger partial charge in [-0.2, -0.15) is 0 Å². The lowest BCUT2D eigenvalue weighted by Crippen LogP contribution is -2.27. The van der Waals surface area contributed by atoms with Crippen LogP contribution >= 0.6 is 0 Å². The summed E-state index contributed by atoms with van der Waals surface area (Å²) in [7, 11) is 0. The van der Waals surface area contributed by atoms with E-state index in [4.69, 9.17) is 0 Å². The number of benzene rings is 1. The minimum absolute atomic E-state index is 0.0206. The van der Waals surface area contributed by atoms with Gasteiger partial charge >= 0.3 is 0 Å². The van der Waals surface area contributed by atoms with Crippen LogP contribution in [0.25, 0.3) is 0 Å². The van der Waals surface area contributed by atoms with E-state index < -0.39 is 11.6 Å². The van der Waals surface area contributed by atoms with Crippen molar-refractivity contribution in [2.24, 2.45) is 0 Å². The molecule has 0 atom stereocenters. The van der Waals surface area contributed by atoms with Gasteiger partial charge in [-0.25, -0.2) is 8.78 Å². The zero-order valence-corrected chi connectivity index (χ0v) is 7.19. The molecule has 0 bridgehead atoms. The lowest BCUT2D eigenvalue weighted by molar-refractivity contribution is 0.440. The van der Waals surface area contributed by atoms with Crippen molar-refractivity contribution in [3.05, 3.63) is 29.8 Å². The number of nitrogens with one attached hydrogen (secondary N) is 1. The average molecular weight is 183 g/mol. The summed E-state index contributed by atoms with van der Waals surface area (Å²) in [4.78, 5) is 0. The third kappa shape index (κ3) is 1.64. The third-order valence-electron chi connectivity index (χ3n) is 2.42. The number of rotatable bonds is 2. The highest BCUT2D eigenvalue weighted by atomic mass is 19.1. The first kappa shape index (κ1) is 8.48. The molecule has 0 aliphatic heterocycles.